The molecule has 2 unspecified atom stereocenters. The van der Waals surface area contributed by atoms with E-state index < -0.39 is 20.3 Å². The van der Waals surface area contributed by atoms with Gasteiger partial charge in [-0.05, 0) is 34.4 Å². The minimum absolute atomic E-state index is 0.204. The predicted octanol–water partition coefficient (Wildman–Crippen LogP) is 6.47. The van der Waals surface area contributed by atoms with Gasteiger partial charge in [-0.2, -0.15) is 0 Å². The Kier molecular flexibility index (Phi) is 7.87. The number of anilines is 2. The van der Waals surface area contributed by atoms with Crippen molar-refractivity contribution in [1.29, 1.82) is 0 Å². The van der Waals surface area contributed by atoms with Crippen LogP contribution in [-0.4, -0.2) is 22.6 Å². The fourth-order valence-corrected chi connectivity index (χ4v) is 7.52. The van der Waals surface area contributed by atoms with E-state index in [2.05, 4.69) is 0 Å². The number of sulfone groups is 1. The average molecular weight is 557 g/mol. The Morgan fingerprint density at radius 2 is 1.00 bits per heavy atom. The smallest absolute Gasteiger partial charge is 0.172 e. The van der Waals surface area contributed by atoms with Gasteiger partial charge in [-0.3, -0.25) is 0 Å². The van der Waals surface area contributed by atoms with E-state index in [4.69, 9.17) is 44.1 Å². The summed E-state index contributed by atoms with van der Waals surface area (Å²) in [4.78, 5) is 0. The molecule has 0 radical (unpaired) electrons. The van der Waals surface area contributed by atoms with Gasteiger partial charge in [0.05, 0.1) is 25.6 Å². The molecule has 4 rings (SSSR count). The molecule has 0 fully saturated rings. The van der Waals surface area contributed by atoms with Gasteiger partial charge in [0.2, 0.25) is 0 Å². The summed E-state index contributed by atoms with van der Waals surface area (Å²) in [6, 6.07) is 23.8. The molecule has 4 aromatic carbocycles. The van der Waals surface area contributed by atoms with Gasteiger partial charge in [-0.25, -0.2) is 8.42 Å². The van der Waals surface area contributed by atoms with Crippen molar-refractivity contribution in [2.24, 2.45) is 0 Å². The van der Waals surface area contributed by atoms with Crippen LogP contribution in [0.1, 0.15) is 32.8 Å². The fraction of sp³-hybridized carbons (Fsp3) is 0.143. The molecule has 6 nitrogen and oxygen atoms in total. The number of benzene rings is 4. The van der Waals surface area contributed by atoms with E-state index in [1.165, 1.54) is 26.4 Å². The summed E-state index contributed by atoms with van der Waals surface area (Å²) >= 11 is 13.3. The lowest BCUT2D eigenvalue weighted by Gasteiger charge is -2.28. The summed E-state index contributed by atoms with van der Waals surface area (Å²) in [6.07, 6.45) is 0. The summed E-state index contributed by atoms with van der Waals surface area (Å²) in [6.45, 7) is 0. The Balaban J connectivity index is 2.04. The molecule has 4 aromatic rings. The maximum absolute atomic E-state index is 14.8. The second-order valence-electron chi connectivity index (χ2n) is 8.40. The third-order valence-electron chi connectivity index (χ3n) is 6.12. The second kappa shape index (κ2) is 10.9. The Morgan fingerprint density at radius 1 is 0.649 bits per heavy atom. The molecule has 0 saturated heterocycles. The van der Waals surface area contributed by atoms with Gasteiger partial charge in [0, 0.05) is 22.2 Å². The minimum Gasteiger partial charge on any atom is -0.495 e. The van der Waals surface area contributed by atoms with Crippen LogP contribution in [0.15, 0.2) is 84.9 Å². The van der Waals surface area contributed by atoms with Crippen LogP contribution < -0.4 is 20.9 Å². The van der Waals surface area contributed by atoms with E-state index in [0.717, 1.165) is 0 Å². The normalized spacial score (nSPS) is 13.1. The molecule has 0 bridgehead atoms. The molecular formula is C28H26Cl2N2O4S. The van der Waals surface area contributed by atoms with Crippen molar-refractivity contribution >= 4 is 44.4 Å². The van der Waals surface area contributed by atoms with Gasteiger partial charge < -0.3 is 20.9 Å². The van der Waals surface area contributed by atoms with E-state index >= 15 is 0 Å². The zero-order valence-corrected chi connectivity index (χ0v) is 22.5. The highest BCUT2D eigenvalue weighted by molar-refractivity contribution is 7.92. The molecule has 0 amide bonds. The highest BCUT2D eigenvalue weighted by atomic mass is 35.5. The first kappa shape index (κ1) is 26.7. The lowest BCUT2D eigenvalue weighted by atomic mass is 10.0. The van der Waals surface area contributed by atoms with Crippen molar-refractivity contribution in [2.45, 2.75) is 10.5 Å². The van der Waals surface area contributed by atoms with Crippen molar-refractivity contribution in [1.82, 2.24) is 0 Å². The molecule has 37 heavy (non-hydrogen) atoms. The maximum atomic E-state index is 14.8. The lowest BCUT2D eigenvalue weighted by Crippen LogP contribution is -2.24. The van der Waals surface area contributed by atoms with E-state index in [1.807, 2.05) is 12.1 Å². The van der Waals surface area contributed by atoms with Gasteiger partial charge in [0.15, 0.2) is 9.84 Å². The van der Waals surface area contributed by atoms with Crippen molar-refractivity contribution in [3.8, 4) is 11.5 Å². The first-order chi connectivity index (χ1) is 17.7. The number of nitrogen functional groups attached to an aromatic ring is 2. The summed E-state index contributed by atoms with van der Waals surface area (Å²) in [5.74, 6) is 0.701. The molecule has 0 heterocycles. The van der Waals surface area contributed by atoms with Gasteiger partial charge in [-0.15, -0.1) is 0 Å². The highest BCUT2D eigenvalue weighted by Crippen LogP contribution is 2.48. The van der Waals surface area contributed by atoms with Crippen LogP contribution >= 0.6 is 23.2 Å². The first-order valence-corrected chi connectivity index (χ1v) is 13.6. The van der Waals surface area contributed by atoms with Crippen molar-refractivity contribution in [3.05, 3.63) is 117 Å². The predicted molar refractivity (Wildman–Crippen MR) is 150 cm³/mol. The third-order valence-corrected chi connectivity index (χ3v) is 9.15. The largest absolute Gasteiger partial charge is 0.495 e. The van der Waals surface area contributed by atoms with E-state index in [0.29, 0.717) is 33.8 Å². The zero-order chi connectivity index (χ0) is 26.7. The summed E-state index contributed by atoms with van der Waals surface area (Å²) < 4.78 is 40.2. The van der Waals surface area contributed by atoms with Crippen molar-refractivity contribution in [3.63, 3.8) is 0 Å². The quantitative estimate of drug-likeness (QED) is 0.241. The average Bonchev–Trinajstić information content (AvgIpc) is 2.89. The molecule has 0 spiro atoms. The Labute approximate surface area is 226 Å². The van der Waals surface area contributed by atoms with Crippen LogP contribution in [0.3, 0.4) is 0 Å². The number of nitrogens with two attached hydrogens (primary N) is 2. The summed E-state index contributed by atoms with van der Waals surface area (Å²) in [5.41, 5.74) is 14.6. The van der Waals surface area contributed by atoms with Gasteiger partial charge in [0.25, 0.3) is 0 Å². The van der Waals surface area contributed by atoms with E-state index in [-0.39, 0.29) is 21.4 Å². The molecule has 0 aliphatic rings. The number of rotatable bonds is 8. The number of hydrogen-bond donors (Lipinski definition) is 2. The molecule has 0 aliphatic carbocycles. The van der Waals surface area contributed by atoms with Crippen molar-refractivity contribution in [2.75, 3.05) is 25.7 Å². The Bertz CT molecular complexity index is 1410. The summed E-state index contributed by atoms with van der Waals surface area (Å²) in [7, 11) is -1.22. The van der Waals surface area contributed by atoms with Crippen LogP contribution in [0.2, 0.25) is 10.0 Å². The molecule has 9 heteroatoms. The highest BCUT2D eigenvalue weighted by Gasteiger charge is 2.40. The van der Waals surface area contributed by atoms with Gasteiger partial charge >= 0.3 is 0 Å². The molecule has 4 N–H and O–H groups in total. The minimum atomic E-state index is -4.15. The monoisotopic (exact) mass is 556 g/mol. The second-order valence-corrected chi connectivity index (χ2v) is 11.3. The van der Waals surface area contributed by atoms with Crippen LogP contribution in [-0.2, 0) is 9.84 Å². The Morgan fingerprint density at radius 3 is 1.32 bits per heavy atom. The lowest BCUT2D eigenvalue weighted by molar-refractivity contribution is 0.417. The Hall–Kier alpha value is -3.39. The van der Waals surface area contributed by atoms with Crippen molar-refractivity contribution < 1.29 is 17.9 Å². The number of methoxy groups -OCH3 is 2. The molecule has 0 aliphatic heterocycles. The van der Waals surface area contributed by atoms with Gasteiger partial charge in [-0.1, -0.05) is 83.9 Å². The fourth-order valence-electron chi connectivity index (χ4n) is 4.42. The van der Waals surface area contributed by atoms with Crippen LogP contribution in [0, 0.1) is 0 Å². The molecule has 2 atom stereocenters. The van der Waals surface area contributed by atoms with Gasteiger partial charge in [0.1, 0.15) is 22.0 Å². The molecule has 0 saturated carbocycles. The molecular weight excluding hydrogens is 531 g/mol. The van der Waals surface area contributed by atoms with E-state index in [9.17, 15) is 8.42 Å². The zero-order valence-electron chi connectivity index (χ0n) is 20.2. The van der Waals surface area contributed by atoms with E-state index in [1.54, 1.807) is 60.7 Å². The number of halogens is 2. The topological polar surface area (TPSA) is 105 Å². The van der Waals surface area contributed by atoms with Crippen LogP contribution in [0.25, 0.3) is 0 Å². The standard InChI is InChI=1S/C28H26Cl2N2O4S/c1-35-25-15-21(29)19(13-23(25)31)27(17-9-5-3-6-10-17)37(33,34)28(18-11-7-4-8-12-18)20-14-24(32)26(36-2)16-22(20)30/h3-16,27-28H,31-32H2,1-2H3. The SMILES string of the molecule is COc1cc(Cl)c(C(c2ccccc2)S(=O)(=O)C(c2ccccc2)c2cc(N)c(OC)cc2Cl)cc1N. The third kappa shape index (κ3) is 5.21. The summed E-state index contributed by atoms with van der Waals surface area (Å²) in [5, 5.41) is -1.95. The van der Waals surface area contributed by atoms with Crippen LogP contribution in [0.4, 0.5) is 11.4 Å². The molecule has 0 aromatic heterocycles. The maximum Gasteiger partial charge on any atom is 0.172 e. The number of ether oxygens (including phenoxy) is 2. The number of hydrogen-bond acceptors (Lipinski definition) is 6. The molecule has 192 valence electrons. The van der Waals surface area contributed by atoms with Crippen LogP contribution in [0.5, 0.6) is 11.5 Å². The first-order valence-electron chi connectivity index (χ1n) is 11.3.